The highest BCUT2D eigenvalue weighted by Crippen LogP contribution is 2.37. The number of ether oxygens (including phenoxy) is 2. The molecule has 0 radical (unpaired) electrons. The number of hydrogen-bond acceptors (Lipinski definition) is 5. The van der Waals surface area contributed by atoms with Gasteiger partial charge >= 0.3 is 0 Å². The van der Waals surface area contributed by atoms with Crippen LogP contribution in [0.3, 0.4) is 0 Å². The Hall–Kier alpha value is -2.91. The normalized spacial score (nSPS) is 15.8. The number of halogens is 4. The maximum Gasteiger partial charge on any atom is 0.190 e. The molecule has 2 aromatic carbocycles. The lowest BCUT2D eigenvalue weighted by molar-refractivity contribution is 0.0312. The van der Waals surface area contributed by atoms with Crippen molar-refractivity contribution in [3.05, 3.63) is 65.4 Å². The second kappa shape index (κ2) is 11.4. The summed E-state index contributed by atoms with van der Waals surface area (Å²) < 4.78 is 65.6. The molecule has 0 amide bonds. The van der Waals surface area contributed by atoms with E-state index in [1.165, 1.54) is 6.20 Å². The first kappa shape index (κ1) is 26.2. The minimum atomic E-state index is -1.07. The molecule has 1 aliphatic heterocycles. The van der Waals surface area contributed by atoms with E-state index in [0.717, 1.165) is 24.6 Å². The van der Waals surface area contributed by atoms with Crippen molar-refractivity contribution in [2.24, 2.45) is 5.41 Å². The van der Waals surface area contributed by atoms with E-state index >= 15 is 0 Å². The van der Waals surface area contributed by atoms with Crippen molar-refractivity contribution in [2.45, 2.75) is 32.1 Å². The monoisotopic (exact) mass is 506 g/mol. The Morgan fingerprint density at radius 2 is 1.75 bits per heavy atom. The predicted octanol–water partition coefficient (Wildman–Crippen LogP) is 5.28. The van der Waals surface area contributed by atoms with Crippen LogP contribution in [0.4, 0.5) is 17.6 Å². The molecule has 1 aromatic heterocycles. The van der Waals surface area contributed by atoms with Crippen LogP contribution in [0, 0.1) is 28.7 Å². The van der Waals surface area contributed by atoms with Gasteiger partial charge in [-0.3, -0.25) is 9.88 Å². The summed E-state index contributed by atoms with van der Waals surface area (Å²) in [5, 5.41) is 10.9. The molecule has 9 heteroatoms. The second-order valence-electron chi connectivity index (χ2n) is 9.37. The zero-order chi connectivity index (χ0) is 25.7. The summed E-state index contributed by atoms with van der Waals surface area (Å²) in [6.07, 6.45) is 4.71. The van der Waals surface area contributed by atoms with Crippen molar-refractivity contribution in [1.29, 1.82) is 0 Å². The molecule has 5 nitrogen and oxygen atoms in total. The van der Waals surface area contributed by atoms with E-state index in [0.29, 0.717) is 61.4 Å². The molecule has 4 rings (SSSR count). The summed E-state index contributed by atoms with van der Waals surface area (Å²) in [6.45, 7) is 1.94. The summed E-state index contributed by atoms with van der Waals surface area (Å²) in [6, 6.07) is 6.58. The van der Waals surface area contributed by atoms with Gasteiger partial charge in [0.25, 0.3) is 0 Å². The number of aliphatic hydroxyl groups is 1. The summed E-state index contributed by atoms with van der Waals surface area (Å²) in [5.74, 6) is -3.41. The van der Waals surface area contributed by atoms with Crippen LogP contribution < -0.4 is 9.47 Å². The third-order valence-electron chi connectivity index (χ3n) is 7.14. The predicted molar refractivity (Wildman–Crippen MR) is 128 cm³/mol. The lowest BCUT2D eigenvalue weighted by atomic mass is 9.75. The molecule has 0 aliphatic carbocycles. The molecule has 36 heavy (non-hydrogen) atoms. The molecule has 3 aromatic rings. The summed E-state index contributed by atoms with van der Waals surface area (Å²) >= 11 is 0. The van der Waals surface area contributed by atoms with E-state index in [1.54, 1.807) is 19.2 Å². The van der Waals surface area contributed by atoms with Crippen LogP contribution in [-0.4, -0.2) is 54.9 Å². The van der Waals surface area contributed by atoms with Crippen LogP contribution in [0.1, 0.15) is 31.2 Å². The van der Waals surface area contributed by atoms with E-state index in [1.807, 2.05) is 6.07 Å². The Morgan fingerprint density at radius 3 is 2.42 bits per heavy atom. The van der Waals surface area contributed by atoms with E-state index in [-0.39, 0.29) is 24.4 Å². The van der Waals surface area contributed by atoms with Gasteiger partial charge in [0, 0.05) is 30.7 Å². The van der Waals surface area contributed by atoms with Crippen molar-refractivity contribution in [2.75, 3.05) is 40.0 Å². The second-order valence-corrected chi connectivity index (χ2v) is 9.37. The van der Waals surface area contributed by atoms with Gasteiger partial charge in [0.2, 0.25) is 0 Å². The quantitative estimate of drug-likeness (QED) is 0.380. The fraction of sp³-hybridized carbons (Fsp3) is 0.444. The number of benzene rings is 2. The zero-order valence-electron chi connectivity index (χ0n) is 20.2. The first-order valence-corrected chi connectivity index (χ1v) is 12.1. The minimum Gasteiger partial charge on any atom is -0.497 e. The number of rotatable bonds is 10. The molecule has 0 spiro atoms. The number of nitrogens with zero attached hydrogens (tertiary/aromatic N) is 2. The van der Waals surface area contributed by atoms with Crippen molar-refractivity contribution < 1.29 is 32.1 Å². The number of hydrogen-bond donors (Lipinski definition) is 1. The van der Waals surface area contributed by atoms with Gasteiger partial charge < -0.3 is 14.6 Å². The highest BCUT2D eigenvalue weighted by atomic mass is 19.1. The van der Waals surface area contributed by atoms with E-state index in [4.69, 9.17) is 9.47 Å². The Labute approximate surface area is 207 Å². The van der Waals surface area contributed by atoms with Crippen molar-refractivity contribution in [1.82, 2.24) is 9.88 Å². The molecule has 0 saturated carbocycles. The number of piperidine rings is 1. The van der Waals surface area contributed by atoms with Crippen molar-refractivity contribution >= 4 is 10.9 Å². The third kappa shape index (κ3) is 5.90. The Kier molecular flexibility index (Phi) is 8.31. The number of aryl methyl sites for hydroxylation is 1. The average molecular weight is 507 g/mol. The molecule has 1 fully saturated rings. The van der Waals surface area contributed by atoms with E-state index in [9.17, 15) is 22.7 Å². The fourth-order valence-corrected chi connectivity index (χ4v) is 4.91. The topological polar surface area (TPSA) is 54.8 Å². The Morgan fingerprint density at radius 1 is 1.03 bits per heavy atom. The fourth-order valence-electron chi connectivity index (χ4n) is 4.91. The molecule has 0 bridgehead atoms. The van der Waals surface area contributed by atoms with Crippen LogP contribution in [0.5, 0.6) is 11.5 Å². The van der Waals surface area contributed by atoms with Gasteiger partial charge in [-0.2, -0.15) is 0 Å². The average Bonchev–Trinajstić information content (AvgIpc) is 2.87. The van der Waals surface area contributed by atoms with Crippen LogP contribution in [0.15, 0.2) is 36.5 Å². The molecule has 1 aliphatic rings. The highest BCUT2D eigenvalue weighted by Gasteiger charge is 2.33. The molecule has 194 valence electrons. The third-order valence-corrected chi connectivity index (χ3v) is 7.14. The number of pyridine rings is 1. The Bertz CT molecular complexity index is 1180. The molecular formula is C27H30F4N2O3. The molecular weight excluding hydrogens is 476 g/mol. The summed E-state index contributed by atoms with van der Waals surface area (Å²) in [5.41, 5.74) is 1.05. The highest BCUT2D eigenvalue weighted by molar-refractivity contribution is 5.83. The molecule has 2 heterocycles. The Balaban J connectivity index is 1.30. The SMILES string of the molecule is COc1ccc2ncc(F)c(CCCC3(CO)CCN(CCOc4c(F)cc(F)cc4F)CC3)c2c1. The van der Waals surface area contributed by atoms with Crippen molar-refractivity contribution in [3.8, 4) is 11.5 Å². The van der Waals surface area contributed by atoms with Crippen LogP contribution in [0.25, 0.3) is 10.9 Å². The van der Waals surface area contributed by atoms with Gasteiger partial charge in [-0.05, 0) is 74.4 Å². The minimum absolute atomic E-state index is 0.0384. The first-order chi connectivity index (χ1) is 17.3. The van der Waals surface area contributed by atoms with E-state index in [2.05, 4.69) is 9.88 Å². The lowest BCUT2D eigenvalue weighted by Gasteiger charge is -2.41. The number of methoxy groups -OCH3 is 1. The summed E-state index contributed by atoms with van der Waals surface area (Å²) in [4.78, 5) is 6.27. The summed E-state index contributed by atoms with van der Waals surface area (Å²) in [7, 11) is 1.57. The number of likely N-dealkylation sites (tertiary alicyclic amines) is 1. The molecule has 0 atom stereocenters. The van der Waals surface area contributed by atoms with Gasteiger partial charge in [-0.25, -0.2) is 17.6 Å². The lowest BCUT2D eigenvalue weighted by Crippen LogP contribution is -2.43. The smallest absolute Gasteiger partial charge is 0.190 e. The maximum absolute atomic E-state index is 14.6. The van der Waals surface area contributed by atoms with Gasteiger partial charge in [-0.1, -0.05) is 0 Å². The molecule has 1 saturated heterocycles. The van der Waals surface area contributed by atoms with Gasteiger partial charge in [0.05, 0.1) is 18.8 Å². The van der Waals surface area contributed by atoms with Crippen LogP contribution >= 0.6 is 0 Å². The molecule has 0 unspecified atom stereocenters. The number of aliphatic hydroxyl groups excluding tert-OH is 1. The van der Waals surface area contributed by atoms with Crippen LogP contribution in [0.2, 0.25) is 0 Å². The first-order valence-electron chi connectivity index (χ1n) is 12.1. The van der Waals surface area contributed by atoms with Gasteiger partial charge in [-0.15, -0.1) is 0 Å². The van der Waals surface area contributed by atoms with Gasteiger partial charge in [0.1, 0.15) is 24.0 Å². The van der Waals surface area contributed by atoms with Gasteiger partial charge in [0.15, 0.2) is 17.4 Å². The van der Waals surface area contributed by atoms with Crippen LogP contribution in [-0.2, 0) is 6.42 Å². The zero-order valence-corrected chi connectivity index (χ0v) is 20.2. The maximum atomic E-state index is 14.6. The van der Waals surface area contributed by atoms with Crippen molar-refractivity contribution in [3.63, 3.8) is 0 Å². The standard InChI is InChI=1S/C27H30F4N2O3/c1-35-19-4-5-25-21(15-19)20(24(31)16-32-25)3-2-6-27(17-34)7-9-33(10-8-27)11-12-36-26-22(29)13-18(28)14-23(26)30/h4-5,13-16,34H,2-3,6-12,17H2,1H3. The number of aromatic nitrogens is 1. The molecule has 1 N–H and O–H groups in total. The number of fused-ring (bicyclic) bond motifs is 1. The van der Waals surface area contributed by atoms with E-state index < -0.39 is 23.2 Å². The largest absolute Gasteiger partial charge is 0.497 e.